The molecule has 1 unspecified atom stereocenters. The summed E-state index contributed by atoms with van der Waals surface area (Å²) in [4.78, 5) is 14.6. The predicted octanol–water partition coefficient (Wildman–Crippen LogP) is 3.82. The number of likely N-dealkylation sites (tertiary alicyclic amines) is 1. The lowest BCUT2D eigenvalue weighted by Crippen LogP contribution is -2.48. The van der Waals surface area contributed by atoms with Gasteiger partial charge in [0, 0.05) is 25.6 Å². The highest BCUT2D eigenvalue weighted by Crippen LogP contribution is 2.34. The minimum atomic E-state index is -4.35. The number of alkyl halides is 3. The van der Waals surface area contributed by atoms with E-state index < -0.39 is 12.8 Å². The van der Waals surface area contributed by atoms with Crippen molar-refractivity contribution in [1.82, 2.24) is 19.9 Å². The van der Waals surface area contributed by atoms with E-state index in [1.165, 1.54) is 0 Å². The van der Waals surface area contributed by atoms with Crippen LogP contribution in [0.4, 0.5) is 13.2 Å². The van der Waals surface area contributed by atoms with Crippen molar-refractivity contribution >= 4 is 5.78 Å². The van der Waals surface area contributed by atoms with E-state index in [0.29, 0.717) is 18.2 Å². The fraction of sp³-hybridized carbons (Fsp3) is 0.550. The standard InChI is InChI=1S/C20H23F3N4O2/c1-13(15-2-6-17(7-3-15)29-12-20(21,22)23)26-9-14(10-26)8-19(28)18-11-27(25-24-18)16-4-5-16/h2-3,6-7,11,13-14,16H,4-5,8-10,12H2,1H3. The molecule has 2 aliphatic rings. The molecule has 2 aromatic rings. The largest absolute Gasteiger partial charge is 0.484 e. The average molecular weight is 408 g/mol. The summed E-state index contributed by atoms with van der Waals surface area (Å²) in [6, 6.07) is 7.21. The Balaban J connectivity index is 1.24. The van der Waals surface area contributed by atoms with Gasteiger partial charge in [-0.1, -0.05) is 17.3 Å². The second kappa shape index (κ2) is 7.78. The molecule has 1 aromatic heterocycles. The summed E-state index contributed by atoms with van der Waals surface area (Å²) >= 11 is 0. The summed E-state index contributed by atoms with van der Waals surface area (Å²) < 4.78 is 43.2. The van der Waals surface area contributed by atoms with Crippen LogP contribution in [0.25, 0.3) is 0 Å². The maximum Gasteiger partial charge on any atom is 0.422 e. The SMILES string of the molecule is CC(c1ccc(OCC(F)(F)F)cc1)N1CC(CC(=O)c2cn(C3CC3)nn2)C1. The van der Waals surface area contributed by atoms with Crippen LogP contribution in [0.5, 0.6) is 5.75 Å². The number of benzene rings is 1. The maximum atomic E-state index is 12.4. The fourth-order valence-corrected chi connectivity index (χ4v) is 3.56. The van der Waals surface area contributed by atoms with Crippen molar-refractivity contribution in [3.8, 4) is 5.75 Å². The molecule has 1 atom stereocenters. The molecule has 1 aliphatic heterocycles. The summed E-state index contributed by atoms with van der Waals surface area (Å²) in [5.41, 5.74) is 1.44. The number of ether oxygens (including phenoxy) is 1. The normalized spacial score (nSPS) is 19.0. The molecular formula is C20H23F3N4O2. The van der Waals surface area contributed by atoms with E-state index in [0.717, 1.165) is 31.5 Å². The zero-order valence-corrected chi connectivity index (χ0v) is 16.1. The van der Waals surface area contributed by atoms with Crippen molar-refractivity contribution < 1.29 is 22.7 Å². The average Bonchev–Trinajstić information content (AvgIpc) is 3.38. The number of hydrogen-bond acceptors (Lipinski definition) is 5. The van der Waals surface area contributed by atoms with E-state index in [2.05, 4.69) is 15.2 Å². The Hall–Kier alpha value is -2.42. The second-order valence-electron chi connectivity index (χ2n) is 7.91. The quantitative estimate of drug-likeness (QED) is 0.622. The molecule has 0 spiro atoms. The molecule has 4 rings (SSSR count). The van der Waals surface area contributed by atoms with Gasteiger partial charge >= 0.3 is 6.18 Å². The van der Waals surface area contributed by atoms with Crippen molar-refractivity contribution in [2.75, 3.05) is 19.7 Å². The Labute approximate surface area is 166 Å². The summed E-state index contributed by atoms with van der Waals surface area (Å²) in [6.07, 6.45) is 0.0597. The molecule has 2 fully saturated rings. The lowest BCUT2D eigenvalue weighted by Gasteiger charge is -2.43. The van der Waals surface area contributed by atoms with Crippen LogP contribution in [0, 0.1) is 5.92 Å². The lowest BCUT2D eigenvalue weighted by atomic mass is 9.90. The van der Waals surface area contributed by atoms with E-state index >= 15 is 0 Å². The van der Waals surface area contributed by atoms with Gasteiger partial charge < -0.3 is 4.74 Å². The number of rotatable bonds is 8. The van der Waals surface area contributed by atoms with Crippen molar-refractivity contribution in [2.24, 2.45) is 5.92 Å². The molecule has 0 radical (unpaired) electrons. The van der Waals surface area contributed by atoms with Crippen molar-refractivity contribution in [2.45, 2.75) is 44.4 Å². The maximum absolute atomic E-state index is 12.4. The summed E-state index contributed by atoms with van der Waals surface area (Å²) in [7, 11) is 0. The molecule has 1 aliphatic carbocycles. The number of aromatic nitrogens is 3. The number of Topliss-reactive ketones (excluding diaryl/α,β-unsaturated/α-hetero) is 1. The molecular weight excluding hydrogens is 385 g/mol. The third-order valence-corrected chi connectivity index (χ3v) is 5.49. The highest BCUT2D eigenvalue weighted by atomic mass is 19.4. The molecule has 9 heteroatoms. The van der Waals surface area contributed by atoms with Crippen LogP contribution < -0.4 is 4.74 Å². The molecule has 29 heavy (non-hydrogen) atoms. The van der Waals surface area contributed by atoms with Crippen molar-refractivity contribution in [1.29, 1.82) is 0 Å². The van der Waals surface area contributed by atoms with Crippen LogP contribution in [0.3, 0.4) is 0 Å². The first kappa shape index (κ1) is 19.9. The third kappa shape index (κ3) is 4.95. The number of hydrogen-bond donors (Lipinski definition) is 0. The lowest BCUT2D eigenvalue weighted by molar-refractivity contribution is -0.153. The smallest absolute Gasteiger partial charge is 0.422 e. The molecule has 1 saturated carbocycles. The van der Waals surface area contributed by atoms with Crippen LogP contribution in [-0.2, 0) is 0 Å². The number of nitrogens with zero attached hydrogens (tertiary/aromatic N) is 4. The van der Waals surface area contributed by atoms with Gasteiger partial charge in [-0.2, -0.15) is 13.2 Å². The number of halogens is 3. The number of carbonyl (C=O) groups is 1. The predicted molar refractivity (Wildman–Crippen MR) is 98.7 cm³/mol. The molecule has 1 aromatic carbocycles. The van der Waals surface area contributed by atoms with Gasteiger partial charge in [-0.3, -0.25) is 9.69 Å². The molecule has 156 valence electrons. The van der Waals surface area contributed by atoms with Gasteiger partial charge in [0.1, 0.15) is 11.4 Å². The van der Waals surface area contributed by atoms with E-state index in [9.17, 15) is 18.0 Å². The van der Waals surface area contributed by atoms with Gasteiger partial charge in [-0.25, -0.2) is 4.68 Å². The molecule has 2 heterocycles. The first-order valence-corrected chi connectivity index (χ1v) is 9.77. The Kier molecular flexibility index (Phi) is 5.33. The monoisotopic (exact) mass is 408 g/mol. The van der Waals surface area contributed by atoms with E-state index in [4.69, 9.17) is 4.74 Å². The fourth-order valence-electron chi connectivity index (χ4n) is 3.56. The Morgan fingerprint density at radius 3 is 2.55 bits per heavy atom. The van der Waals surface area contributed by atoms with Gasteiger partial charge in [0.2, 0.25) is 0 Å². The zero-order valence-electron chi connectivity index (χ0n) is 16.1. The Morgan fingerprint density at radius 2 is 1.93 bits per heavy atom. The second-order valence-corrected chi connectivity index (χ2v) is 7.91. The Morgan fingerprint density at radius 1 is 1.24 bits per heavy atom. The topological polar surface area (TPSA) is 60.2 Å². The highest BCUT2D eigenvalue weighted by molar-refractivity contribution is 5.94. The molecule has 0 N–H and O–H groups in total. The van der Waals surface area contributed by atoms with Crippen LogP contribution in [0.15, 0.2) is 30.5 Å². The van der Waals surface area contributed by atoms with Crippen LogP contribution in [0.2, 0.25) is 0 Å². The van der Waals surface area contributed by atoms with Gasteiger partial charge in [-0.15, -0.1) is 5.10 Å². The molecule has 6 nitrogen and oxygen atoms in total. The molecule has 0 bridgehead atoms. The van der Waals surface area contributed by atoms with Crippen LogP contribution >= 0.6 is 0 Å². The zero-order chi connectivity index (χ0) is 20.6. The minimum absolute atomic E-state index is 0.0281. The minimum Gasteiger partial charge on any atom is -0.484 e. The first-order valence-electron chi connectivity index (χ1n) is 9.77. The van der Waals surface area contributed by atoms with E-state index in [1.807, 2.05) is 6.92 Å². The van der Waals surface area contributed by atoms with Crippen LogP contribution in [-0.4, -0.2) is 51.5 Å². The van der Waals surface area contributed by atoms with E-state index in [1.54, 1.807) is 35.1 Å². The van der Waals surface area contributed by atoms with E-state index in [-0.39, 0.29) is 23.5 Å². The summed E-state index contributed by atoms with van der Waals surface area (Å²) in [6.45, 7) is 2.36. The van der Waals surface area contributed by atoms with Crippen LogP contribution in [0.1, 0.15) is 54.3 Å². The van der Waals surface area contributed by atoms with Gasteiger partial charge in [0.25, 0.3) is 0 Å². The highest BCUT2D eigenvalue weighted by Gasteiger charge is 2.33. The Bertz CT molecular complexity index is 855. The number of carbonyl (C=O) groups excluding carboxylic acids is 1. The summed E-state index contributed by atoms with van der Waals surface area (Å²) in [5.74, 6) is 0.510. The van der Waals surface area contributed by atoms with Gasteiger partial charge in [0.15, 0.2) is 12.4 Å². The van der Waals surface area contributed by atoms with Gasteiger partial charge in [0.05, 0.1) is 12.2 Å². The van der Waals surface area contributed by atoms with Crippen molar-refractivity contribution in [3.63, 3.8) is 0 Å². The number of ketones is 1. The van der Waals surface area contributed by atoms with Gasteiger partial charge in [-0.05, 0) is 43.4 Å². The molecule has 1 saturated heterocycles. The third-order valence-electron chi connectivity index (χ3n) is 5.49. The molecule has 0 amide bonds. The summed E-state index contributed by atoms with van der Waals surface area (Å²) in [5, 5.41) is 8.03. The van der Waals surface area contributed by atoms with Crippen molar-refractivity contribution in [3.05, 3.63) is 41.7 Å². The first-order chi connectivity index (χ1) is 13.8.